The number of halogens is 1. The van der Waals surface area contributed by atoms with Gasteiger partial charge in [-0.1, -0.05) is 28.9 Å². The van der Waals surface area contributed by atoms with Crippen molar-refractivity contribution in [3.05, 3.63) is 70.5 Å². The van der Waals surface area contributed by atoms with E-state index in [0.29, 0.717) is 27.7 Å². The second-order valence-corrected chi connectivity index (χ2v) is 8.15. The van der Waals surface area contributed by atoms with Gasteiger partial charge >= 0.3 is 0 Å². The number of nitrogens with zero attached hydrogens (tertiary/aromatic N) is 6. The molecule has 2 aromatic carbocycles. The van der Waals surface area contributed by atoms with Crippen LogP contribution in [0.1, 0.15) is 28.7 Å². The topological polar surface area (TPSA) is 157 Å². The van der Waals surface area contributed by atoms with E-state index in [9.17, 15) is 9.90 Å². The third kappa shape index (κ3) is 4.96. The van der Waals surface area contributed by atoms with Gasteiger partial charge in [-0.05, 0) is 53.6 Å². The first-order chi connectivity index (χ1) is 15.9. The third-order valence-corrected chi connectivity index (χ3v) is 5.76. The van der Waals surface area contributed by atoms with Gasteiger partial charge in [-0.2, -0.15) is 9.78 Å². The van der Waals surface area contributed by atoms with Gasteiger partial charge in [-0.3, -0.25) is 4.79 Å². The fraction of sp³-hybridized carbons (Fsp3) is 0.100. The molecule has 4 aromatic rings. The monoisotopic (exact) mass is 484 g/mol. The maximum absolute atomic E-state index is 12.9. The molecule has 0 unspecified atom stereocenters. The number of thioether (sulfide) groups is 1. The molecular weight excluding hydrogens is 468 g/mol. The molecule has 0 saturated carbocycles. The Morgan fingerprint density at radius 3 is 2.70 bits per heavy atom. The van der Waals surface area contributed by atoms with Gasteiger partial charge in [0.15, 0.2) is 5.69 Å². The number of benzene rings is 2. The molecule has 2 heterocycles. The number of hydrogen-bond donors (Lipinski definition) is 3. The number of aromatic nitrogens is 5. The van der Waals surface area contributed by atoms with E-state index < -0.39 is 5.91 Å². The molecule has 0 bridgehead atoms. The number of phenolic OH excluding ortho intramolecular Hbond substituents is 1. The highest BCUT2D eigenvalue weighted by Gasteiger charge is 2.24. The van der Waals surface area contributed by atoms with E-state index in [2.05, 4.69) is 35.8 Å². The smallest absolute Gasteiger partial charge is 0.293 e. The average Bonchev–Trinajstić information content (AvgIpc) is 3.42. The van der Waals surface area contributed by atoms with E-state index in [-0.39, 0.29) is 23.1 Å². The highest BCUT2D eigenvalue weighted by molar-refractivity contribution is 7.98. The van der Waals surface area contributed by atoms with Crippen molar-refractivity contribution in [3.8, 4) is 11.6 Å². The van der Waals surface area contributed by atoms with Crippen LogP contribution in [0.25, 0.3) is 5.82 Å². The summed E-state index contributed by atoms with van der Waals surface area (Å²) >= 11 is 7.38. The Balaban J connectivity index is 1.61. The van der Waals surface area contributed by atoms with Gasteiger partial charge in [0.2, 0.25) is 11.6 Å². The molecule has 168 valence electrons. The number of phenols is 1. The van der Waals surface area contributed by atoms with Crippen LogP contribution in [0.15, 0.2) is 63.2 Å². The first-order valence-electron chi connectivity index (χ1n) is 9.48. The summed E-state index contributed by atoms with van der Waals surface area (Å²) in [7, 11) is 0. The lowest BCUT2D eigenvalue weighted by atomic mass is 10.1. The van der Waals surface area contributed by atoms with Crippen molar-refractivity contribution in [3.63, 3.8) is 0 Å². The van der Waals surface area contributed by atoms with Crippen molar-refractivity contribution in [2.24, 2.45) is 5.10 Å². The van der Waals surface area contributed by atoms with Crippen molar-refractivity contribution >= 4 is 40.8 Å². The third-order valence-electron chi connectivity index (χ3n) is 4.48. The Bertz CT molecular complexity index is 1320. The van der Waals surface area contributed by atoms with Crippen molar-refractivity contribution in [1.29, 1.82) is 0 Å². The first-order valence-corrected chi connectivity index (χ1v) is 10.8. The van der Waals surface area contributed by atoms with Gasteiger partial charge in [0.05, 0.1) is 11.4 Å². The zero-order chi connectivity index (χ0) is 23.4. The molecule has 0 spiro atoms. The van der Waals surface area contributed by atoms with Gasteiger partial charge in [0, 0.05) is 21.2 Å². The number of nitrogen functional groups attached to an aromatic ring is 1. The van der Waals surface area contributed by atoms with Gasteiger partial charge in [-0.15, -0.1) is 16.9 Å². The number of nitrogens with one attached hydrogen (secondary N) is 1. The van der Waals surface area contributed by atoms with Crippen LogP contribution in [0, 0.1) is 0 Å². The molecule has 0 saturated heterocycles. The Labute approximate surface area is 196 Å². The number of aromatic hydroxyl groups is 1. The van der Waals surface area contributed by atoms with Crippen molar-refractivity contribution in [2.45, 2.75) is 17.6 Å². The molecule has 0 atom stereocenters. The zero-order valence-electron chi connectivity index (χ0n) is 17.1. The number of para-hydroxylation sites is 1. The summed E-state index contributed by atoms with van der Waals surface area (Å²) in [6.45, 7) is 1.66. The molecule has 4 N–H and O–H groups in total. The van der Waals surface area contributed by atoms with Crippen LogP contribution < -0.4 is 11.2 Å². The summed E-state index contributed by atoms with van der Waals surface area (Å²) in [5.41, 5.74) is 9.58. The van der Waals surface area contributed by atoms with Crippen LogP contribution >= 0.6 is 23.4 Å². The molecule has 11 nitrogen and oxygen atoms in total. The number of nitrogens with two attached hydrogens (primary N) is 1. The van der Waals surface area contributed by atoms with Crippen LogP contribution in [0.2, 0.25) is 5.02 Å². The van der Waals surface area contributed by atoms with Crippen molar-refractivity contribution in [2.75, 3.05) is 5.73 Å². The van der Waals surface area contributed by atoms with E-state index in [1.165, 1.54) is 22.5 Å². The molecule has 2 aromatic heterocycles. The minimum atomic E-state index is -0.599. The lowest BCUT2D eigenvalue weighted by Gasteiger charge is -2.07. The van der Waals surface area contributed by atoms with E-state index in [1.807, 2.05) is 12.1 Å². The van der Waals surface area contributed by atoms with Crippen molar-refractivity contribution in [1.82, 2.24) is 30.7 Å². The average molecular weight is 485 g/mol. The first kappa shape index (κ1) is 22.3. The summed E-state index contributed by atoms with van der Waals surface area (Å²) in [6, 6.07) is 13.9. The van der Waals surface area contributed by atoms with Crippen LogP contribution in [0.5, 0.6) is 5.75 Å². The predicted octanol–water partition coefficient (Wildman–Crippen LogP) is 3.04. The van der Waals surface area contributed by atoms with E-state index in [4.69, 9.17) is 17.3 Å². The Kier molecular flexibility index (Phi) is 6.56. The maximum Gasteiger partial charge on any atom is 0.293 e. The fourth-order valence-corrected chi connectivity index (χ4v) is 3.84. The van der Waals surface area contributed by atoms with Gasteiger partial charge in [0.1, 0.15) is 5.75 Å². The zero-order valence-corrected chi connectivity index (χ0v) is 18.7. The molecule has 4 rings (SSSR count). The lowest BCUT2D eigenvalue weighted by Crippen LogP contribution is -2.21. The van der Waals surface area contributed by atoms with Gasteiger partial charge in [0.25, 0.3) is 5.91 Å². The lowest BCUT2D eigenvalue weighted by molar-refractivity contribution is 0.0949. The second-order valence-electron chi connectivity index (χ2n) is 6.67. The number of carbonyl (C=O) groups is 1. The quantitative estimate of drug-likeness (QED) is 0.203. The van der Waals surface area contributed by atoms with Crippen molar-refractivity contribution < 1.29 is 14.5 Å². The highest BCUT2D eigenvalue weighted by atomic mass is 35.5. The number of carbonyl (C=O) groups excluding carboxylic acids is 1. The minimum Gasteiger partial charge on any atom is -0.507 e. The summed E-state index contributed by atoms with van der Waals surface area (Å²) < 4.78 is 5.95. The van der Waals surface area contributed by atoms with E-state index in [0.717, 1.165) is 4.90 Å². The maximum atomic E-state index is 12.9. The summed E-state index contributed by atoms with van der Waals surface area (Å²) in [5, 5.41) is 30.0. The second kappa shape index (κ2) is 9.71. The Morgan fingerprint density at radius 1 is 1.24 bits per heavy atom. The summed E-state index contributed by atoms with van der Waals surface area (Å²) in [5.74, 6) is -0.141. The number of anilines is 1. The normalized spacial score (nSPS) is 11.5. The van der Waals surface area contributed by atoms with E-state index in [1.54, 1.807) is 37.3 Å². The minimum absolute atomic E-state index is 0.00183. The number of rotatable bonds is 7. The van der Waals surface area contributed by atoms with Crippen LogP contribution in [-0.2, 0) is 5.75 Å². The van der Waals surface area contributed by atoms with Crippen LogP contribution in [-0.4, -0.2) is 42.0 Å². The molecule has 33 heavy (non-hydrogen) atoms. The molecule has 0 aliphatic rings. The number of hydrazone groups is 1. The van der Waals surface area contributed by atoms with Gasteiger partial charge in [-0.25, -0.2) is 10.1 Å². The molecule has 13 heteroatoms. The van der Waals surface area contributed by atoms with E-state index >= 15 is 0 Å². The Hall–Kier alpha value is -3.90. The fourth-order valence-electron chi connectivity index (χ4n) is 2.83. The molecule has 0 radical (unpaired) electrons. The molecular formula is C20H17ClN8O3S. The summed E-state index contributed by atoms with van der Waals surface area (Å²) in [6.07, 6.45) is 0. The number of amides is 1. The number of hydrogen-bond acceptors (Lipinski definition) is 10. The predicted molar refractivity (Wildman–Crippen MR) is 122 cm³/mol. The highest BCUT2D eigenvalue weighted by Crippen LogP contribution is 2.27. The van der Waals surface area contributed by atoms with Crippen LogP contribution in [0.3, 0.4) is 0 Å². The largest absolute Gasteiger partial charge is 0.507 e. The molecule has 0 fully saturated rings. The van der Waals surface area contributed by atoms with Gasteiger partial charge < -0.3 is 10.8 Å². The molecule has 1 amide bonds. The molecule has 0 aliphatic carbocycles. The Morgan fingerprint density at radius 2 is 2.00 bits per heavy atom. The standard InChI is InChI=1S/C20H17ClN8O3S/c1-11(14-4-2-3-5-16(14)30)23-25-20(31)17-15(10-33-13-8-6-12(21)7-9-13)29(28-24-17)19-18(22)26-32-27-19/h2-9,30H,10H2,1H3,(H2,22,26)(H,25,31). The van der Waals surface area contributed by atoms with Crippen LogP contribution in [0.4, 0.5) is 5.82 Å². The summed E-state index contributed by atoms with van der Waals surface area (Å²) in [4.78, 5) is 13.8. The SMILES string of the molecule is CC(=NNC(=O)c1nnn(-c2nonc2N)c1CSc1ccc(Cl)cc1)c1ccccc1O. The molecule has 0 aliphatic heterocycles.